The third-order valence-electron chi connectivity index (χ3n) is 5.60. The van der Waals surface area contributed by atoms with Gasteiger partial charge in [-0.3, -0.25) is 14.4 Å². The van der Waals surface area contributed by atoms with Crippen LogP contribution in [0.25, 0.3) is 21.9 Å². The summed E-state index contributed by atoms with van der Waals surface area (Å²) in [5, 5.41) is 10.9. The average molecular weight is 519 g/mol. The Balaban J connectivity index is 1.38. The zero-order valence-electron chi connectivity index (χ0n) is 21.2. The third kappa shape index (κ3) is 5.67. The van der Waals surface area contributed by atoms with E-state index in [0.717, 1.165) is 16.4 Å². The van der Waals surface area contributed by atoms with Crippen LogP contribution in [0.3, 0.4) is 0 Å². The van der Waals surface area contributed by atoms with Crippen LogP contribution in [0.5, 0.6) is 17.2 Å². The van der Waals surface area contributed by atoms with E-state index in [9.17, 15) is 14.4 Å². The summed E-state index contributed by atoms with van der Waals surface area (Å²) in [6.07, 6.45) is -0.146. The van der Waals surface area contributed by atoms with E-state index in [1.165, 1.54) is 27.4 Å². The summed E-state index contributed by atoms with van der Waals surface area (Å²) in [5.74, 6) is -1.12. The van der Waals surface area contributed by atoms with E-state index < -0.39 is 17.7 Å². The van der Waals surface area contributed by atoms with Crippen molar-refractivity contribution in [1.29, 1.82) is 0 Å². The molecule has 4 rings (SSSR count). The van der Waals surface area contributed by atoms with Crippen LogP contribution in [0.1, 0.15) is 13.3 Å². The number of nitrogens with zero attached hydrogens (tertiary/aromatic N) is 1. The molecule has 0 fully saturated rings. The Morgan fingerprint density at radius 1 is 0.789 bits per heavy atom. The van der Waals surface area contributed by atoms with Crippen LogP contribution in [0.2, 0.25) is 0 Å². The van der Waals surface area contributed by atoms with Gasteiger partial charge in [0.05, 0.1) is 39.1 Å². The molecule has 3 N–H and O–H groups in total. The molecule has 0 aliphatic rings. The molecule has 38 heavy (non-hydrogen) atoms. The van der Waals surface area contributed by atoms with Crippen molar-refractivity contribution in [1.82, 2.24) is 5.43 Å². The second-order valence-corrected chi connectivity index (χ2v) is 8.18. The summed E-state index contributed by atoms with van der Waals surface area (Å²) < 4.78 is 21.6. The predicted octanol–water partition coefficient (Wildman–Crippen LogP) is 4.07. The minimum Gasteiger partial charge on any atom is -0.497 e. The standard InChI is InChI=1S/C27H26N4O7/c1-15(30-31-27(34)26(33)29-19-12-16(35-2)9-10-22(19)36-3)11-25(32)28-20-14-23-18(13-24(20)37-4)17-7-5-6-8-21(17)38-23/h5-10,12-14H,11H2,1-4H3,(H,28,32)(H,29,33)(H,31,34)/b30-15+. The number of carbonyl (C=O) groups excluding carboxylic acids is 3. The normalized spacial score (nSPS) is 11.2. The molecular formula is C27H26N4O7. The molecule has 3 amide bonds. The fourth-order valence-electron chi connectivity index (χ4n) is 3.77. The number of ether oxygens (including phenoxy) is 3. The maximum atomic E-state index is 12.7. The van der Waals surface area contributed by atoms with E-state index in [1.54, 1.807) is 31.2 Å². The van der Waals surface area contributed by atoms with Gasteiger partial charge >= 0.3 is 11.8 Å². The predicted molar refractivity (Wildman–Crippen MR) is 143 cm³/mol. The highest BCUT2D eigenvalue weighted by molar-refractivity contribution is 6.39. The van der Waals surface area contributed by atoms with E-state index in [2.05, 4.69) is 21.2 Å². The molecule has 1 heterocycles. The molecule has 196 valence electrons. The van der Waals surface area contributed by atoms with E-state index >= 15 is 0 Å². The lowest BCUT2D eigenvalue weighted by Gasteiger charge is -2.11. The van der Waals surface area contributed by atoms with E-state index in [-0.39, 0.29) is 17.8 Å². The van der Waals surface area contributed by atoms with Gasteiger partial charge in [0.2, 0.25) is 5.91 Å². The molecule has 4 aromatic rings. The summed E-state index contributed by atoms with van der Waals surface area (Å²) in [7, 11) is 4.41. The third-order valence-corrected chi connectivity index (χ3v) is 5.60. The summed E-state index contributed by atoms with van der Waals surface area (Å²) in [6.45, 7) is 1.54. The Bertz CT molecular complexity index is 1560. The largest absolute Gasteiger partial charge is 0.497 e. The van der Waals surface area contributed by atoms with Gasteiger partial charge in [0.15, 0.2) is 0 Å². The minimum absolute atomic E-state index is 0.146. The van der Waals surface area contributed by atoms with Gasteiger partial charge in [-0.1, -0.05) is 18.2 Å². The molecule has 0 saturated carbocycles. The number of amides is 3. The zero-order valence-corrected chi connectivity index (χ0v) is 21.2. The SMILES string of the molecule is COc1ccc(OC)c(NC(=O)C(=O)N/N=C(\C)CC(=O)Nc2cc3oc4ccccc4c3cc2OC)c1. The molecule has 0 bridgehead atoms. The maximum Gasteiger partial charge on any atom is 0.329 e. The Labute approximate surface area is 217 Å². The second kappa shape index (κ2) is 11.3. The van der Waals surface area contributed by atoms with Crippen LogP contribution in [-0.4, -0.2) is 44.8 Å². The van der Waals surface area contributed by atoms with Crippen molar-refractivity contribution in [3.8, 4) is 17.2 Å². The van der Waals surface area contributed by atoms with E-state index in [1.807, 2.05) is 24.3 Å². The van der Waals surface area contributed by atoms with Crippen molar-refractivity contribution in [2.45, 2.75) is 13.3 Å². The molecule has 0 saturated heterocycles. The van der Waals surface area contributed by atoms with Gasteiger partial charge in [0.25, 0.3) is 0 Å². The van der Waals surface area contributed by atoms with Crippen LogP contribution < -0.4 is 30.3 Å². The number of methoxy groups -OCH3 is 3. The number of hydrazone groups is 1. The number of nitrogens with one attached hydrogen (secondary N) is 3. The fourth-order valence-corrected chi connectivity index (χ4v) is 3.77. The van der Waals surface area contributed by atoms with Crippen LogP contribution >= 0.6 is 0 Å². The van der Waals surface area contributed by atoms with E-state index in [4.69, 9.17) is 18.6 Å². The molecule has 0 radical (unpaired) electrons. The van der Waals surface area contributed by atoms with Crippen molar-refractivity contribution in [2.75, 3.05) is 32.0 Å². The Kier molecular flexibility index (Phi) is 7.76. The number of hydrogen-bond donors (Lipinski definition) is 3. The molecule has 0 unspecified atom stereocenters. The number of fused-ring (bicyclic) bond motifs is 3. The molecule has 0 aliphatic heterocycles. The number of anilines is 2. The second-order valence-electron chi connectivity index (χ2n) is 8.18. The molecular weight excluding hydrogens is 492 g/mol. The number of para-hydroxylation sites is 1. The lowest BCUT2D eigenvalue weighted by atomic mass is 10.1. The summed E-state index contributed by atoms with van der Waals surface area (Å²) in [6, 6.07) is 15.9. The number of hydrogen-bond acceptors (Lipinski definition) is 8. The summed E-state index contributed by atoms with van der Waals surface area (Å²) >= 11 is 0. The summed E-state index contributed by atoms with van der Waals surface area (Å²) in [4.78, 5) is 37.2. The first kappa shape index (κ1) is 26.0. The highest BCUT2D eigenvalue weighted by atomic mass is 16.5. The first-order valence-corrected chi connectivity index (χ1v) is 11.5. The molecule has 1 aromatic heterocycles. The van der Waals surface area contributed by atoms with Crippen LogP contribution in [0.4, 0.5) is 11.4 Å². The molecule has 11 heteroatoms. The van der Waals surface area contributed by atoms with Gasteiger partial charge in [0, 0.05) is 28.6 Å². The monoisotopic (exact) mass is 518 g/mol. The highest BCUT2D eigenvalue weighted by Gasteiger charge is 2.17. The molecule has 0 atom stereocenters. The summed E-state index contributed by atoms with van der Waals surface area (Å²) in [5.41, 5.74) is 4.41. The van der Waals surface area contributed by atoms with Gasteiger partial charge in [-0.15, -0.1) is 0 Å². The molecule has 11 nitrogen and oxygen atoms in total. The van der Waals surface area contributed by atoms with Gasteiger partial charge in [-0.25, -0.2) is 5.43 Å². The van der Waals surface area contributed by atoms with Crippen LogP contribution in [0.15, 0.2) is 64.1 Å². The topological polar surface area (TPSA) is 140 Å². The van der Waals surface area contributed by atoms with E-state index in [0.29, 0.717) is 28.5 Å². The number of furan rings is 1. The maximum absolute atomic E-state index is 12.7. The van der Waals surface area contributed by atoms with Crippen molar-refractivity contribution in [2.24, 2.45) is 5.10 Å². The van der Waals surface area contributed by atoms with Gasteiger partial charge in [0.1, 0.15) is 28.4 Å². The minimum atomic E-state index is -1.02. The number of rotatable bonds is 8. The van der Waals surface area contributed by atoms with Gasteiger partial charge in [-0.05, 0) is 31.2 Å². The van der Waals surface area contributed by atoms with Crippen molar-refractivity contribution < 1.29 is 33.0 Å². The smallest absolute Gasteiger partial charge is 0.329 e. The first-order chi connectivity index (χ1) is 18.3. The van der Waals surface area contributed by atoms with Crippen LogP contribution in [0, 0.1) is 0 Å². The van der Waals surface area contributed by atoms with Crippen molar-refractivity contribution >= 4 is 56.7 Å². The van der Waals surface area contributed by atoms with Crippen molar-refractivity contribution in [3.05, 3.63) is 54.6 Å². The molecule has 0 spiro atoms. The average Bonchev–Trinajstić information content (AvgIpc) is 3.28. The van der Waals surface area contributed by atoms with Crippen LogP contribution in [-0.2, 0) is 14.4 Å². The van der Waals surface area contributed by atoms with Gasteiger partial charge in [-0.2, -0.15) is 5.10 Å². The number of benzene rings is 3. The lowest BCUT2D eigenvalue weighted by molar-refractivity contribution is -0.136. The number of carbonyl (C=O) groups is 3. The fraction of sp³-hybridized carbons (Fsp3) is 0.185. The van der Waals surface area contributed by atoms with Crippen molar-refractivity contribution in [3.63, 3.8) is 0 Å². The Morgan fingerprint density at radius 2 is 1.53 bits per heavy atom. The molecule has 3 aromatic carbocycles. The highest BCUT2D eigenvalue weighted by Crippen LogP contribution is 2.36. The van der Waals surface area contributed by atoms with Gasteiger partial charge < -0.3 is 29.3 Å². The first-order valence-electron chi connectivity index (χ1n) is 11.5. The lowest BCUT2D eigenvalue weighted by Crippen LogP contribution is -2.33. The quantitative estimate of drug-likeness (QED) is 0.181. The zero-order chi connectivity index (χ0) is 27.2. The Morgan fingerprint density at radius 3 is 2.26 bits per heavy atom. The Hall–Kier alpha value is -5.06. The molecule has 0 aliphatic carbocycles.